The number of amides is 1. The normalized spacial score (nSPS) is 27.3. The molecular weight excluding hydrogens is 1230 g/mol. The highest BCUT2D eigenvalue weighted by Gasteiger charge is 2.54. The van der Waals surface area contributed by atoms with Crippen LogP contribution in [-0.2, 0) is 33.2 Å². The number of hydrogen-bond acceptors (Lipinski definition) is 18. The van der Waals surface area contributed by atoms with Crippen LogP contribution in [0, 0.1) is 0 Å². The summed E-state index contributed by atoms with van der Waals surface area (Å²) in [7, 11) is 0. The van der Waals surface area contributed by atoms with Gasteiger partial charge in [0.2, 0.25) is 5.91 Å². The number of hydrogen-bond donors (Lipinski definition) is 12. The second-order valence-electron chi connectivity index (χ2n) is 27.8. The molecule has 3 rings (SSSR count). The summed E-state index contributed by atoms with van der Waals surface area (Å²) >= 11 is 0. The number of allylic oxidation sites excluding steroid dienone is 8. The number of aliphatic hydroxyl groups excluding tert-OH is 11. The molecule has 3 saturated heterocycles. The SMILES string of the molecule is CC/C=C\C/C=C\C/C=C\C/C=C\CCCCCCCCCCCCCCC(=O)NC(COC1OC(CO)C(OC2OC(CO)C(OC3OC(CO)C(O)C(O)C3O)C(O)C2O)C(O)C1O)C(O)CCCCCCCCCCCCCCCCCCCCCCCCCCCC. The van der Waals surface area contributed by atoms with Gasteiger partial charge in [-0.1, -0.05) is 294 Å². The fraction of sp³-hybridized carbons (Fsp3) is 0.883. The Hall–Kier alpha value is -2.25. The molecule has 0 aromatic rings. The minimum atomic E-state index is -1.97. The van der Waals surface area contributed by atoms with Gasteiger partial charge in [0.25, 0.3) is 0 Å². The van der Waals surface area contributed by atoms with Crippen molar-refractivity contribution in [2.24, 2.45) is 0 Å². The van der Waals surface area contributed by atoms with Crippen LogP contribution in [0.25, 0.3) is 0 Å². The van der Waals surface area contributed by atoms with Crippen molar-refractivity contribution in [3.8, 4) is 0 Å². The Bertz CT molecular complexity index is 1930. The van der Waals surface area contributed by atoms with Crippen molar-refractivity contribution in [3.05, 3.63) is 48.6 Å². The molecular formula is C77H141NO18. The summed E-state index contributed by atoms with van der Waals surface area (Å²) in [6, 6.07) is -0.891. The Labute approximate surface area is 580 Å². The van der Waals surface area contributed by atoms with E-state index in [1.807, 2.05) is 0 Å². The van der Waals surface area contributed by atoms with E-state index in [-0.39, 0.29) is 18.9 Å². The predicted molar refractivity (Wildman–Crippen MR) is 379 cm³/mol. The van der Waals surface area contributed by atoms with Crippen molar-refractivity contribution in [1.82, 2.24) is 5.32 Å². The number of unbranched alkanes of at least 4 members (excludes halogenated alkanes) is 37. The predicted octanol–water partition coefficient (Wildman–Crippen LogP) is 12.1. The van der Waals surface area contributed by atoms with Gasteiger partial charge in [-0.15, -0.1) is 0 Å². The van der Waals surface area contributed by atoms with E-state index in [4.69, 9.17) is 28.4 Å². The Morgan fingerprint density at radius 1 is 0.385 bits per heavy atom. The molecule has 3 heterocycles. The van der Waals surface area contributed by atoms with E-state index in [0.29, 0.717) is 12.8 Å². The third-order valence-electron chi connectivity index (χ3n) is 19.4. The molecule has 1 amide bonds. The van der Waals surface area contributed by atoms with Gasteiger partial charge in [-0.3, -0.25) is 4.79 Å². The zero-order chi connectivity index (χ0) is 69.6. The first-order chi connectivity index (χ1) is 46.8. The second kappa shape index (κ2) is 58.3. The number of rotatable bonds is 61. The van der Waals surface area contributed by atoms with Gasteiger partial charge in [-0.25, -0.2) is 0 Å². The lowest BCUT2D eigenvalue weighted by molar-refractivity contribution is -0.379. The van der Waals surface area contributed by atoms with Crippen LogP contribution in [-0.4, -0.2) is 193 Å². The van der Waals surface area contributed by atoms with Crippen molar-refractivity contribution in [2.75, 3.05) is 26.4 Å². The van der Waals surface area contributed by atoms with E-state index in [9.17, 15) is 61.0 Å². The molecule has 0 aromatic carbocycles. The zero-order valence-electron chi connectivity index (χ0n) is 59.9. The summed E-state index contributed by atoms with van der Waals surface area (Å²) in [4.78, 5) is 13.5. The quantitative estimate of drug-likeness (QED) is 0.0199. The van der Waals surface area contributed by atoms with Crippen molar-refractivity contribution in [1.29, 1.82) is 0 Å². The number of aliphatic hydroxyl groups is 11. The van der Waals surface area contributed by atoms with Crippen LogP contribution < -0.4 is 5.32 Å². The molecule has 0 radical (unpaired) electrons. The van der Waals surface area contributed by atoms with Crippen LogP contribution >= 0.6 is 0 Å². The molecule has 0 aliphatic carbocycles. The molecule has 3 aliphatic rings. The van der Waals surface area contributed by atoms with Gasteiger partial charge >= 0.3 is 0 Å². The fourth-order valence-electron chi connectivity index (χ4n) is 13.2. The number of carbonyl (C=O) groups is 1. The largest absolute Gasteiger partial charge is 0.394 e. The molecule has 19 nitrogen and oxygen atoms in total. The van der Waals surface area contributed by atoms with E-state index in [2.05, 4.69) is 67.8 Å². The average Bonchev–Trinajstić information content (AvgIpc) is 0.788. The van der Waals surface area contributed by atoms with E-state index in [0.717, 1.165) is 77.0 Å². The molecule has 0 aromatic heterocycles. The number of ether oxygens (including phenoxy) is 6. The lowest BCUT2D eigenvalue weighted by Crippen LogP contribution is -2.66. The van der Waals surface area contributed by atoms with E-state index in [1.54, 1.807) is 0 Å². The molecule has 12 N–H and O–H groups in total. The Balaban J connectivity index is 1.39. The first kappa shape index (κ1) is 88.0. The first-order valence-corrected chi connectivity index (χ1v) is 38.9. The number of carbonyl (C=O) groups excluding carboxylic acids is 1. The van der Waals surface area contributed by atoms with Gasteiger partial charge < -0.3 is 89.9 Å². The topological polar surface area (TPSA) is 307 Å². The third kappa shape index (κ3) is 38.7. The van der Waals surface area contributed by atoms with Gasteiger partial charge in [0.1, 0.15) is 73.2 Å². The highest BCUT2D eigenvalue weighted by atomic mass is 16.8. The summed E-state index contributed by atoms with van der Waals surface area (Å²) in [6.07, 6.45) is 44.7. The summed E-state index contributed by atoms with van der Waals surface area (Å²) < 4.78 is 34.5. The van der Waals surface area contributed by atoms with Crippen molar-refractivity contribution < 1.29 is 89.4 Å². The summed E-state index contributed by atoms with van der Waals surface area (Å²) in [5.41, 5.74) is 0. The van der Waals surface area contributed by atoms with Gasteiger partial charge in [0.15, 0.2) is 18.9 Å². The minimum Gasteiger partial charge on any atom is -0.394 e. The molecule has 3 aliphatic heterocycles. The third-order valence-corrected chi connectivity index (χ3v) is 19.4. The maximum Gasteiger partial charge on any atom is 0.220 e. The molecule has 17 unspecified atom stereocenters. The average molecular weight is 1370 g/mol. The molecule has 0 bridgehead atoms. The van der Waals surface area contributed by atoms with Crippen LogP contribution in [0.2, 0.25) is 0 Å². The Morgan fingerprint density at radius 2 is 0.719 bits per heavy atom. The van der Waals surface area contributed by atoms with Gasteiger partial charge in [-0.2, -0.15) is 0 Å². The second-order valence-corrected chi connectivity index (χ2v) is 27.8. The van der Waals surface area contributed by atoms with Crippen LogP contribution in [0.5, 0.6) is 0 Å². The Kier molecular flexibility index (Phi) is 53.4. The van der Waals surface area contributed by atoms with E-state index >= 15 is 0 Å². The smallest absolute Gasteiger partial charge is 0.220 e. The maximum atomic E-state index is 13.5. The monoisotopic (exact) mass is 1370 g/mol. The summed E-state index contributed by atoms with van der Waals surface area (Å²) in [5.74, 6) is -0.242. The zero-order valence-corrected chi connectivity index (χ0v) is 59.9. The van der Waals surface area contributed by atoms with Gasteiger partial charge in [0, 0.05) is 6.42 Å². The van der Waals surface area contributed by atoms with Crippen molar-refractivity contribution in [2.45, 2.75) is 407 Å². The maximum absolute atomic E-state index is 13.5. The lowest BCUT2D eigenvalue weighted by Gasteiger charge is -2.48. The minimum absolute atomic E-state index is 0.242. The van der Waals surface area contributed by atoms with E-state index in [1.165, 1.54) is 193 Å². The van der Waals surface area contributed by atoms with Crippen LogP contribution in [0.3, 0.4) is 0 Å². The molecule has 17 atom stereocenters. The first-order valence-electron chi connectivity index (χ1n) is 38.9. The van der Waals surface area contributed by atoms with Crippen molar-refractivity contribution >= 4 is 5.91 Å². The molecule has 0 spiro atoms. The number of nitrogens with one attached hydrogen (secondary N) is 1. The molecule has 96 heavy (non-hydrogen) atoms. The Morgan fingerprint density at radius 3 is 1.12 bits per heavy atom. The highest BCUT2D eigenvalue weighted by molar-refractivity contribution is 5.76. The molecule has 0 saturated carbocycles. The van der Waals surface area contributed by atoms with Gasteiger partial charge in [-0.05, 0) is 51.4 Å². The lowest BCUT2D eigenvalue weighted by atomic mass is 9.96. The molecule has 3 fully saturated rings. The van der Waals surface area contributed by atoms with Crippen LogP contribution in [0.1, 0.15) is 303 Å². The standard InChI is InChI=1S/C77H141NO18/c1-3-5-7-9-11-13-15-17-19-21-23-25-27-29-31-32-34-36-38-40-42-44-46-48-50-52-54-61(82)60(78-65(83)55-53-51-49-47-45-43-41-39-37-35-33-30-28-26-24-22-20-18-16-14-12-10-8-6-4-2)59-91-75-71(89)68(86)73(63(57-80)93-75)96-77-72(90)69(87)74(64(58-81)94-77)95-76-70(88)67(85)66(84)62(56-79)92-76/h6,8,12,14,18,20,24,26,60-64,66-77,79-82,84-90H,3-5,7,9-11,13,15-17,19,21-23,25,27-59H2,1-2H3,(H,78,83)/b8-6-,14-12-,20-18-,26-24-. The van der Waals surface area contributed by atoms with E-state index < -0.39 is 124 Å². The molecule has 562 valence electrons. The fourth-order valence-corrected chi connectivity index (χ4v) is 13.2. The summed E-state index contributed by atoms with van der Waals surface area (Å²) in [5, 5.41) is 121. The highest BCUT2D eigenvalue weighted by Crippen LogP contribution is 2.33. The van der Waals surface area contributed by atoms with Gasteiger partial charge in [0.05, 0.1) is 38.6 Å². The van der Waals surface area contributed by atoms with Crippen LogP contribution in [0.4, 0.5) is 0 Å². The van der Waals surface area contributed by atoms with Crippen LogP contribution in [0.15, 0.2) is 48.6 Å². The molecule has 19 heteroatoms. The summed E-state index contributed by atoms with van der Waals surface area (Å²) in [6.45, 7) is 1.73. The van der Waals surface area contributed by atoms with Crippen molar-refractivity contribution in [3.63, 3.8) is 0 Å².